The van der Waals surface area contributed by atoms with Crippen LogP contribution in [0, 0.1) is 12.8 Å². The van der Waals surface area contributed by atoms with E-state index in [-0.39, 0.29) is 5.91 Å². The molecule has 0 saturated carbocycles. The molecule has 1 saturated heterocycles. The van der Waals surface area contributed by atoms with E-state index >= 15 is 0 Å². The first-order valence-corrected chi connectivity index (χ1v) is 13.4. The number of hydrogen-bond donors (Lipinski definition) is 0. The first-order chi connectivity index (χ1) is 17.5. The minimum absolute atomic E-state index is 0.0611. The number of likely N-dealkylation sites (tertiary alicyclic amines) is 1. The standard InChI is InChI=1S/C29H34N2O4S/c1-20-10-11-27(36-20)22-15-23-18-31(29(32)24-8-4-5-9-25(24)33-3)13-14-34-28(23)26(16-22)35-19-21-7-6-12-30(2)17-21/h4-5,8-11,15-16,21H,6-7,12-14,17-19H2,1-3H3/t21-/m0/s1. The van der Waals surface area contributed by atoms with Gasteiger partial charge in [-0.3, -0.25) is 4.79 Å². The predicted molar refractivity (Wildman–Crippen MR) is 143 cm³/mol. The van der Waals surface area contributed by atoms with Crippen LogP contribution in [0.15, 0.2) is 48.5 Å². The van der Waals surface area contributed by atoms with Crippen molar-refractivity contribution in [3.05, 3.63) is 64.5 Å². The number of rotatable bonds is 6. The van der Waals surface area contributed by atoms with Crippen LogP contribution in [0.4, 0.5) is 0 Å². The molecule has 1 fully saturated rings. The highest BCUT2D eigenvalue weighted by atomic mass is 32.1. The maximum atomic E-state index is 13.5. The van der Waals surface area contributed by atoms with Gasteiger partial charge in [0.1, 0.15) is 12.4 Å². The summed E-state index contributed by atoms with van der Waals surface area (Å²) in [5.74, 6) is 2.55. The number of hydrogen-bond acceptors (Lipinski definition) is 6. The van der Waals surface area contributed by atoms with Gasteiger partial charge in [0.05, 0.1) is 25.8 Å². The molecule has 0 N–H and O–H groups in total. The third-order valence-corrected chi connectivity index (χ3v) is 8.00. The van der Waals surface area contributed by atoms with Crippen molar-refractivity contribution in [2.45, 2.75) is 26.3 Å². The minimum Gasteiger partial charge on any atom is -0.496 e. The maximum Gasteiger partial charge on any atom is 0.258 e. The lowest BCUT2D eigenvalue weighted by molar-refractivity contribution is 0.0729. The number of amides is 1. The Bertz CT molecular complexity index is 1220. The Hall–Kier alpha value is -3.03. The Kier molecular flexibility index (Phi) is 7.48. The zero-order valence-corrected chi connectivity index (χ0v) is 22.1. The van der Waals surface area contributed by atoms with Gasteiger partial charge in [-0.15, -0.1) is 11.3 Å². The molecule has 0 radical (unpaired) electrons. The zero-order valence-electron chi connectivity index (χ0n) is 21.3. The summed E-state index contributed by atoms with van der Waals surface area (Å²) in [4.78, 5) is 20.2. The summed E-state index contributed by atoms with van der Waals surface area (Å²) in [5.41, 5.74) is 2.62. The van der Waals surface area contributed by atoms with Gasteiger partial charge in [-0.1, -0.05) is 12.1 Å². The molecular formula is C29H34N2O4S. The van der Waals surface area contributed by atoms with Gasteiger partial charge in [-0.05, 0) is 75.3 Å². The number of methoxy groups -OCH3 is 1. The van der Waals surface area contributed by atoms with Gasteiger partial charge in [0.25, 0.3) is 5.91 Å². The first-order valence-electron chi connectivity index (χ1n) is 12.6. The molecule has 6 nitrogen and oxygen atoms in total. The van der Waals surface area contributed by atoms with Gasteiger partial charge in [-0.25, -0.2) is 0 Å². The molecule has 5 rings (SSSR count). The van der Waals surface area contributed by atoms with Gasteiger partial charge >= 0.3 is 0 Å². The number of nitrogens with zero attached hydrogens (tertiary/aromatic N) is 2. The SMILES string of the molecule is COc1ccccc1C(=O)N1CCOc2c(cc(-c3ccc(C)s3)cc2OC[C@H]2CCCN(C)C2)C1. The molecule has 3 aromatic rings. The number of benzene rings is 2. The minimum atomic E-state index is -0.0611. The van der Waals surface area contributed by atoms with Gasteiger partial charge < -0.3 is 24.0 Å². The smallest absolute Gasteiger partial charge is 0.258 e. The van der Waals surface area contributed by atoms with Crippen molar-refractivity contribution in [1.82, 2.24) is 9.80 Å². The van der Waals surface area contributed by atoms with Crippen LogP contribution >= 0.6 is 11.3 Å². The van der Waals surface area contributed by atoms with Crippen molar-refractivity contribution in [3.63, 3.8) is 0 Å². The number of thiophene rings is 1. The summed E-state index contributed by atoms with van der Waals surface area (Å²) < 4.78 is 18.2. The molecule has 0 spiro atoms. The van der Waals surface area contributed by atoms with Crippen molar-refractivity contribution in [3.8, 4) is 27.7 Å². The number of para-hydroxylation sites is 1. The maximum absolute atomic E-state index is 13.5. The Morgan fingerprint density at radius 2 is 2.00 bits per heavy atom. The van der Waals surface area contributed by atoms with Crippen LogP contribution in [0.25, 0.3) is 10.4 Å². The molecule has 0 aliphatic carbocycles. The summed E-state index contributed by atoms with van der Waals surface area (Å²) in [6.07, 6.45) is 2.38. The van der Waals surface area contributed by atoms with Crippen molar-refractivity contribution >= 4 is 17.2 Å². The average molecular weight is 507 g/mol. The highest BCUT2D eigenvalue weighted by Gasteiger charge is 2.27. The zero-order chi connectivity index (χ0) is 25.1. The second-order valence-corrected chi connectivity index (χ2v) is 11.0. The lowest BCUT2D eigenvalue weighted by Crippen LogP contribution is -2.34. The summed E-state index contributed by atoms with van der Waals surface area (Å²) in [6.45, 7) is 6.33. The third kappa shape index (κ3) is 5.37. The molecule has 2 aliphatic rings. The molecule has 2 aromatic carbocycles. The second-order valence-electron chi connectivity index (χ2n) is 9.73. The summed E-state index contributed by atoms with van der Waals surface area (Å²) >= 11 is 1.76. The van der Waals surface area contributed by atoms with E-state index in [4.69, 9.17) is 14.2 Å². The lowest BCUT2D eigenvalue weighted by Gasteiger charge is -2.29. The Morgan fingerprint density at radius 1 is 1.14 bits per heavy atom. The summed E-state index contributed by atoms with van der Waals surface area (Å²) in [5, 5.41) is 0. The van der Waals surface area contributed by atoms with Crippen LogP contribution < -0.4 is 14.2 Å². The number of carbonyl (C=O) groups excluding carboxylic acids is 1. The predicted octanol–water partition coefficient (Wildman–Crippen LogP) is 5.49. The average Bonchev–Trinajstić information content (AvgIpc) is 3.21. The van der Waals surface area contributed by atoms with E-state index in [1.165, 1.54) is 22.6 Å². The number of piperidine rings is 1. The van der Waals surface area contributed by atoms with Crippen molar-refractivity contribution in [2.75, 3.05) is 47.0 Å². The Morgan fingerprint density at radius 3 is 2.78 bits per heavy atom. The fourth-order valence-electron chi connectivity index (χ4n) is 5.10. The number of aryl methyl sites for hydroxylation is 1. The van der Waals surface area contributed by atoms with Crippen LogP contribution in [0.1, 0.15) is 33.6 Å². The molecule has 0 bridgehead atoms. The van der Waals surface area contributed by atoms with E-state index in [0.29, 0.717) is 43.5 Å². The third-order valence-electron chi connectivity index (χ3n) is 6.95. The highest BCUT2D eigenvalue weighted by Crippen LogP contribution is 2.41. The first kappa shape index (κ1) is 24.7. The Labute approximate surface area is 217 Å². The molecule has 2 aliphatic heterocycles. The normalized spacial score (nSPS) is 18.2. The number of fused-ring (bicyclic) bond motifs is 1. The van der Waals surface area contributed by atoms with Crippen molar-refractivity contribution in [2.24, 2.45) is 5.92 Å². The van der Waals surface area contributed by atoms with E-state index in [0.717, 1.165) is 35.7 Å². The van der Waals surface area contributed by atoms with E-state index < -0.39 is 0 Å². The van der Waals surface area contributed by atoms with E-state index in [9.17, 15) is 4.79 Å². The monoisotopic (exact) mass is 506 g/mol. The number of ether oxygens (including phenoxy) is 3. The molecular weight excluding hydrogens is 472 g/mol. The molecule has 1 atom stereocenters. The van der Waals surface area contributed by atoms with Crippen LogP contribution in [0.5, 0.6) is 17.2 Å². The van der Waals surface area contributed by atoms with Crippen LogP contribution in [0.2, 0.25) is 0 Å². The van der Waals surface area contributed by atoms with Crippen LogP contribution in [-0.2, 0) is 6.54 Å². The van der Waals surface area contributed by atoms with Crippen molar-refractivity contribution < 1.29 is 19.0 Å². The van der Waals surface area contributed by atoms with Gasteiger partial charge in [0, 0.05) is 34.3 Å². The van der Waals surface area contributed by atoms with Crippen LogP contribution in [-0.4, -0.2) is 62.7 Å². The second kappa shape index (κ2) is 10.9. The van der Waals surface area contributed by atoms with Crippen molar-refractivity contribution in [1.29, 1.82) is 0 Å². The molecule has 1 aromatic heterocycles. The quantitative estimate of drug-likeness (QED) is 0.443. The number of carbonyl (C=O) groups is 1. The molecule has 1 amide bonds. The van der Waals surface area contributed by atoms with Crippen LogP contribution in [0.3, 0.4) is 0 Å². The topological polar surface area (TPSA) is 51.2 Å². The summed E-state index contributed by atoms with van der Waals surface area (Å²) in [7, 11) is 3.77. The van der Waals surface area contributed by atoms with Gasteiger partial charge in [0.15, 0.2) is 11.5 Å². The fourth-order valence-corrected chi connectivity index (χ4v) is 5.96. The van der Waals surface area contributed by atoms with Gasteiger partial charge in [0.2, 0.25) is 0 Å². The van der Waals surface area contributed by atoms with E-state index in [2.05, 4.69) is 43.1 Å². The molecule has 3 heterocycles. The van der Waals surface area contributed by atoms with Gasteiger partial charge in [-0.2, -0.15) is 0 Å². The molecule has 7 heteroatoms. The highest BCUT2D eigenvalue weighted by molar-refractivity contribution is 7.15. The fraction of sp³-hybridized carbons (Fsp3) is 0.414. The Balaban J connectivity index is 1.46. The summed E-state index contributed by atoms with van der Waals surface area (Å²) in [6, 6.07) is 15.9. The molecule has 0 unspecified atom stereocenters. The largest absolute Gasteiger partial charge is 0.496 e. The molecule has 36 heavy (non-hydrogen) atoms. The van der Waals surface area contributed by atoms with E-state index in [1.807, 2.05) is 29.2 Å². The van der Waals surface area contributed by atoms with E-state index in [1.54, 1.807) is 18.4 Å². The lowest BCUT2D eigenvalue weighted by atomic mass is 9.99. The molecule has 190 valence electrons.